The van der Waals surface area contributed by atoms with Crippen molar-refractivity contribution in [1.29, 1.82) is 0 Å². The van der Waals surface area contributed by atoms with Gasteiger partial charge in [-0.1, -0.05) is 24.3 Å². The Morgan fingerprint density at radius 1 is 1.03 bits per heavy atom. The van der Waals surface area contributed by atoms with Crippen molar-refractivity contribution >= 4 is 22.6 Å². The number of aromatic nitrogens is 2. The Bertz CT molecular complexity index is 1160. The number of carbonyl (C=O) groups excluding carboxylic acids is 2. The van der Waals surface area contributed by atoms with Gasteiger partial charge in [0.15, 0.2) is 0 Å². The second kappa shape index (κ2) is 8.55. The number of amides is 2. The smallest absolute Gasteiger partial charge is 0.273 e. The topological polar surface area (TPSA) is 104 Å². The highest BCUT2D eigenvalue weighted by Crippen LogP contribution is 2.08. The average Bonchev–Trinajstić information content (AvgIpc) is 2.75. The van der Waals surface area contributed by atoms with Crippen molar-refractivity contribution in [2.75, 3.05) is 14.1 Å². The number of aryl methyl sites for hydroxylation is 1. The molecule has 0 fully saturated rings. The van der Waals surface area contributed by atoms with E-state index in [1.54, 1.807) is 67.5 Å². The number of nitrogens with one attached hydrogen (secondary N) is 2. The largest absolute Gasteiger partial charge is 0.355 e. The fraction of sp³-hybridized carbons (Fsp3) is 0.238. The monoisotopic (exact) mass is 394 g/mol. The average molecular weight is 394 g/mol. The molecule has 0 atom stereocenters. The van der Waals surface area contributed by atoms with Crippen LogP contribution in [0, 0.1) is 0 Å². The molecule has 3 rings (SSSR count). The van der Waals surface area contributed by atoms with Gasteiger partial charge in [-0.05, 0) is 29.8 Å². The maximum absolute atomic E-state index is 12.5. The Morgan fingerprint density at radius 3 is 2.34 bits per heavy atom. The Balaban J connectivity index is 1.65. The summed E-state index contributed by atoms with van der Waals surface area (Å²) in [4.78, 5) is 50.2. The molecule has 2 N–H and O–H groups in total. The first kappa shape index (κ1) is 20.1. The second-order valence-electron chi connectivity index (χ2n) is 6.72. The quantitative estimate of drug-likeness (QED) is 0.653. The van der Waals surface area contributed by atoms with Crippen molar-refractivity contribution in [2.24, 2.45) is 0 Å². The lowest BCUT2D eigenvalue weighted by molar-refractivity contribution is -0.130. The number of carbonyl (C=O) groups is 2. The van der Waals surface area contributed by atoms with E-state index in [1.807, 2.05) is 0 Å². The lowest BCUT2D eigenvalue weighted by Crippen LogP contribution is -2.33. The van der Waals surface area contributed by atoms with E-state index in [9.17, 15) is 19.2 Å². The molecule has 0 saturated heterocycles. The van der Waals surface area contributed by atoms with Crippen molar-refractivity contribution in [2.45, 2.75) is 19.5 Å². The Morgan fingerprint density at radius 2 is 1.69 bits per heavy atom. The predicted molar refractivity (Wildman–Crippen MR) is 110 cm³/mol. The van der Waals surface area contributed by atoms with Gasteiger partial charge in [0.1, 0.15) is 0 Å². The van der Waals surface area contributed by atoms with Crippen molar-refractivity contribution in [1.82, 2.24) is 20.0 Å². The molecule has 8 nitrogen and oxygen atoms in total. The fourth-order valence-electron chi connectivity index (χ4n) is 3.07. The minimum Gasteiger partial charge on any atom is -0.355 e. The second-order valence-corrected chi connectivity index (χ2v) is 6.72. The summed E-state index contributed by atoms with van der Waals surface area (Å²) in [6.07, 6.45) is 0.0704. The summed E-state index contributed by atoms with van der Waals surface area (Å²) in [7, 11) is 3.23. The van der Waals surface area contributed by atoms with Gasteiger partial charge in [0.05, 0.1) is 17.3 Å². The number of benzene rings is 2. The zero-order valence-electron chi connectivity index (χ0n) is 16.3. The third-order valence-corrected chi connectivity index (χ3v) is 4.72. The van der Waals surface area contributed by atoms with Crippen molar-refractivity contribution in [3.05, 3.63) is 80.4 Å². The molecule has 0 bridgehead atoms. The van der Waals surface area contributed by atoms with Crippen LogP contribution < -0.4 is 16.4 Å². The zero-order valence-corrected chi connectivity index (χ0v) is 16.3. The minimum atomic E-state index is -0.364. The number of nitrogens with zero attached hydrogens (tertiary/aromatic N) is 2. The molecule has 150 valence electrons. The molecule has 0 unspecified atom stereocenters. The van der Waals surface area contributed by atoms with Crippen LogP contribution in [0.3, 0.4) is 0 Å². The van der Waals surface area contributed by atoms with Crippen LogP contribution in [0.15, 0.2) is 58.1 Å². The summed E-state index contributed by atoms with van der Waals surface area (Å²) in [5.74, 6) is -0.336. The summed E-state index contributed by atoms with van der Waals surface area (Å²) < 4.78 is 1.18. The molecule has 0 aliphatic rings. The molecule has 0 spiro atoms. The minimum absolute atomic E-state index is 0.0704. The van der Waals surface area contributed by atoms with Crippen molar-refractivity contribution in [3.8, 4) is 0 Å². The van der Waals surface area contributed by atoms with E-state index in [-0.39, 0.29) is 35.9 Å². The third kappa shape index (κ3) is 4.43. The summed E-state index contributed by atoms with van der Waals surface area (Å²) in [6.45, 7) is 0.452. The van der Waals surface area contributed by atoms with E-state index in [1.165, 1.54) is 4.68 Å². The van der Waals surface area contributed by atoms with Crippen molar-refractivity contribution < 1.29 is 9.59 Å². The molecule has 2 aromatic carbocycles. The summed E-state index contributed by atoms with van der Waals surface area (Å²) >= 11 is 0. The van der Waals surface area contributed by atoms with Crippen LogP contribution in [0.2, 0.25) is 0 Å². The molecule has 0 saturated carbocycles. The van der Waals surface area contributed by atoms with E-state index < -0.39 is 0 Å². The zero-order chi connectivity index (χ0) is 21.0. The van der Waals surface area contributed by atoms with Gasteiger partial charge in [0.2, 0.25) is 5.91 Å². The van der Waals surface area contributed by atoms with E-state index in [4.69, 9.17) is 0 Å². The molecule has 1 aromatic heterocycles. The lowest BCUT2D eigenvalue weighted by atomic mass is 10.1. The van der Waals surface area contributed by atoms with E-state index in [0.717, 1.165) is 5.56 Å². The molecule has 3 aromatic rings. The maximum Gasteiger partial charge on any atom is 0.273 e. The predicted octanol–water partition coefficient (Wildman–Crippen LogP) is 1.10. The Hall–Kier alpha value is -3.68. The van der Waals surface area contributed by atoms with Gasteiger partial charge in [-0.15, -0.1) is 0 Å². The number of H-pyrrole nitrogens is 1. The van der Waals surface area contributed by atoms with Crippen LogP contribution >= 0.6 is 0 Å². The Labute approximate surface area is 166 Å². The molecular formula is C21H22N4O4. The van der Waals surface area contributed by atoms with Gasteiger partial charge in [0, 0.05) is 32.6 Å². The van der Waals surface area contributed by atoms with E-state index in [2.05, 4.69) is 10.4 Å². The first-order valence-corrected chi connectivity index (χ1v) is 9.17. The summed E-state index contributed by atoms with van der Waals surface area (Å²) in [6, 6.07) is 13.6. The number of aromatic amines is 1. The van der Waals surface area contributed by atoms with Gasteiger partial charge in [0.25, 0.3) is 17.0 Å². The van der Waals surface area contributed by atoms with Gasteiger partial charge in [-0.25, -0.2) is 4.68 Å². The molecular weight excluding hydrogens is 372 g/mol. The van der Waals surface area contributed by atoms with Crippen LogP contribution in [0.1, 0.15) is 22.3 Å². The molecule has 1 heterocycles. The van der Waals surface area contributed by atoms with Crippen LogP contribution in [0.4, 0.5) is 0 Å². The Kier molecular flexibility index (Phi) is 5.92. The summed E-state index contributed by atoms with van der Waals surface area (Å²) in [5, 5.41) is 5.74. The number of rotatable bonds is 6. The first-order chi connectivity index (χ1) is 13.9. The molecule has 0 aliphatic carbocycles. The highest BCUT2D eigenvalue weighted by atomic mass is 16.2. The van der Waals surface area contributed by atoms with Gasteiger partial charge < -0.3 is 10.2 Å². The number of hydrogen-bond donors (Lipinski definition) is 2. The van der Waals surface area contributed by atoms with E-state index in [0.29, 0.717) is 22.9 Å². The van der Waals surface area contributed by atoms with Crippen molar-refractivity contribution in [3.63, 3.8) is 0 Å². The molecule has 0 radical (unpaired) electrons. The fourth-order valence-corrected chi connectivity index (χ4v) is 3.07. The third-order valence-electron chi connectivity index (χ3n) is 4.72. The maximum atomic E-state index is 12.5. The molecule has 29 heavy (non-hydrogen) atoms. The van der Waals surface area contributed by atoms with Gasteiger partial charge in [-0.2, -0.15) is 0 Å². The standard InChI is InChI=1S/C21H22N4O4/c1-22-19(27)15-9-7-14(8-10-15)13-24(2)18(26)11-12-25-21(29)17-6-4-3-5-16(17)20(28)23-25/h3-10H,11-13H2,1-2H3,(H,22,27)(H,23,28). The van der Waals surface area contributed by atoms with Crippen LogP contribution in [0.25, 0.3) is 10.8 Å². The number of fused-ring (bicyclic) bond motifs is 1. The SMILES string of the molecule is CNC(=O)c1ccc(CN(C)C(=O)CCn2[nH]c(=O)c3ccccc3c2=O)cc1. The lowest BCUT2D eigenvalue weighted by Gasteiger charge is -2.18. The molecule has 0 aliphatic heterocycles. The van der Waals surface area contributed by atoms with Gasteiger partial charge >= 0.3 is 0 Å². The van der Waals surface area contributed by atoms with Crippen LogP contribution in [-0.4, -0.2) is 40.6 Å². The van der Waals surface area contributed by atoms with E-state index >= 15 is 0 Å². The van der Waals surface area contributed by atoms with Crippen LogP contribution in [0.5, 0.6) is 0 Å². The highest BCUT2D eigenvalue weighted by molar-refractivity contribution is 5.93. The van der Waals surface area contributed by atoms with Crippen LogP contribution in [-0.2, 0) is 17.9 Å². The van der Waals surface area contributed by atoms with Gasteiger partial charge in [-0.3, -0.25) is 24.3 Å². The molecule has 2 amide bonds. The summed E-state index contributed by atoms with van der Waals surface area (Å²) in [5.41, 5.74) is 0.729. The number of hydrogen-bond acceptors (Lipinski definition) is 4. The molecule has 8 heteroatoms. The highest BCUT2D eigenvalue weighted by Gasteiger charge is 2.12. The first-order valence-electron chi connectivity index (χ1n) is 9.17. The normalized spacial score (nSPS) is 10.7.